The van der Waals surface area contributed by atoms with Crippen molar-refractivity contribution in [3.05, 3.63) is 0 Å². The highest BCUT2D eigenvalue weighted by Gasteiger charge is 1.78. The maximum Gasteiger partial charge on any atom is 0.0584 e. The molecule has 0 spiro atoms. The van der Waals surface area contributed by atoms with E-state index in [1.54, 1.807) is 0 Å². The van der Waals surface area contributed by atoms with E-state index in [4.69, 9.17) is 0 Å². The summed E-state index contributed by atoms with van der Waals surface area (Å²) >= 11 is 4.40. The summed E-state index contributed by atoms with van der Waals surface area (Å²) < 4.78 is 0. The smallest absolute Gasteiger partial charge is 0.0584 e. The highest BCUT2D eigenvalue weighted by Crippen LogP contribution is 1.81. The second kappa shape index (κ2) is 8.47. The van der Waals surface area contributed by atoms with Crippen molar-refractivity contribution in [2.24, 2.45) is 9.98 Å². The molecule has 0 amide bonds. The van der Waals surface area contributed by atoms with Gasteiger partial charge in [0.25, 0.3) is 0 Å². The molecule has 0 unspecified atom stereocenters. The molecule has 0 aliphatic heterocycles. The van der Waals surface area contributed by atoms with Crippen molar-refractivity contribution in [3.63, 3.8) is 0 Å². The second-order valence-corrected chi connectivity index (χ2v) is 2.01. The minimum absolute atomic E-state index is 0.755. The average molecular weight is 156 g/mol. The van der Waals surface area contributed by atoms with Crippen molar-refractivity contribution in [2.45, 2.75) is 19.8 Å². The SMILES string of the molecule is CCC=NCCCN=C=S. The van der Waals surface area contributed by atoms with Crippen molar-refractivity contribution < 1.29 is 0 Å². The van der Waals surface area contributed by atoms with Gasteiger partial charge in [0.05, 0.1) is 11.7 Å². The van der Waals surface area contributed by atoms with Gasteiger partial charge in [0.2, 0.25) is 0 Å². The Morgan fingerprint density at radius 1 is 1.50 bits per heavy atom. The van der Waals surface area contributed by atoms with Crippen LogP contribution < -0.4 is 0 Å². The van der Waals surface area contributed by atoms with Crippen LogP contribution in [-0.2, 0) is 0 Å². The molecular formula is C7H12N2S. The van der Waals surface area contributed by atoms with Gasteiger partial charge in [-0.15, -0.1) is 0 Å². The van der Waals surface area contributed by atoms with E-state index in [-0.39, 0.29) is 0 Å². The van der Waals surface area contributed by atoms with Crippen LogP contribution in [0.15, 0.2) is 9.98 Å². The summed E-state index contributed by atoms with van der Waals surface area (Å²) in [6.07, 6.45) is 3.90. The Hall–Kier alpha value is -0.530. The maximum absolute atomic E-state index is 4.40. The molecule has 0 aromatic heterocycles. The Morgan fingerprint density at radius 3 is 2.90 bits per heavy atom. The Kier molecular flexibility index (Phi) is 8.02. The van der Waals surface area contributed by atoms with Crippen LogP contribution in [0.1, 0.15) is 19.8 Å². The average Bonchev–Trinajstić information content (AvgIpc) is 1.97. The fraction of sp³-hybridized carbons (Fsp3) is 0.714. The van der Waals surface area contributed by atoms with Crippen molar-refractivity contribution in [2.75, 3.05) is 13.1 Å². The first kappa shape index (κ1) is 9.47. The van der Waals surface area contributed by atoms with E-state index in [9.17, 15) is 0 Å². The van der Waals surface area contributed by atoms with E-state index < -0.39 is 0 Å². The molecule has 0 atom stereocenters. The van der Waals surface area contributed by atoms with Crippen molar-refractivity contribution in [1.82, 2.24) is 0 Å². The fourth-order valence-electron chi connectivity index (χ4n) is 0.507. The molecule has 0 heterocycles. The first-order valence-corrected chi connectivity index (χ1v) is 3.84. The van der Waals surface area contributed by atoms with E-state index in [0.29, 0.717) is 0 Å². The number of hydrogen-bond acceptors (Lipinski definition) is 3. The van der Waals surface area contributed by atoms with E-state index in [2.05, 4.69) is 34.3 Å². The number of rotatable bonds is 5. The summed E-state index contributed by atoms with van der Waals surface area (Å²) in [4.78, 5) is 7.88. The topological polar surface area (TPSA) is 24.7 Å². The molecule has 0 bridgehead atoms. The quantitative estimate of drug-likeness (QED) is 0.339. The summed E-state index contributed by atoms with van der Waals surface area (Å²) in [6.45, 7) is 3.68. The largest absolute Gasteiger partial charge is 0.297 e. The third kappa shape index (κ3) is 7.47. The summed E-state index contributed by atoms with van der Waals surface area (Å²) in [7, 11) is 0. The molecule has 0 rings (SSSR count). The standard InChI is InChI=1S/C7H12N2S/c1-2-4-8-5-3-6-9-7-10/h4H,2-3,5-6H2,1H3. The summed E-state index contributed by atoms with van der Waals surface area (Å²) in [5.41, 5.74) is 0. The Morgan fingerprint density at radius 2 is 2.30 bits per heavy atom. The Labute approximate surface area is 67.1 Å². The molecule has 0 aliphatic carbocycles. The molecule has 10 heavy (non-hydrogen) atoms. The number of aliphatic imine (C=N–C) groups is 2. The maximum atomic E-state index is 4.40. The lowest BCUT2D eigenvalue weighted by molar-refractivity contribution is 0.850. The van der Waals surface area contributed by atoms with Gasteiger partial charge in [0.15, 0.2) is 0 Å². The zero-order valence-corrected chi connectivity index (χ0v) is 7.02. The molecule has 0 saturated heterocycles. The van der Waals surface area contributed by atoms with Gasteiger partial charge < -0.3 is 0 Å². The lowest BCUT2D eigenvalue weighted by Gasteiger charge is -1.86. The van der Waals surface area contributed by atoms with Gasteiger partial charge in [0.1, 0.15) is 0 Å². The van der Waals surface area contributed by atoms with Crippen molar-refractivity contribution in [1.29, 1.82) is 0 Å². The third-order valence-corrected chi connectivity index (χ3v) is 1.06. The first-order valence-electron chi connectivity index (χ1n) is 3.43. The van der Waals surface area contributed by atoms with Crippen LogP contribution in [0.3, 0.4) is 0 Å². The molecule has 0 N–H and O–H groups in total. The number of thiocarbonyl (C=S) groups is 1. The van der Waals surface area contributed by atoms with Crippen LogP contribution in [0.25, 0.3) is 0 Å². The molecule has 0 aliphatic rings. The van der Waals surface area contributed by atoms with Gasteiger partial charge in [0, 0.05) is 6.54 Å². The van der Waals surface area contributed by atoms with Crippen LogP contribution in [0.2, 0.25) is 0 Å². The second-order valence-electron chi connectivity index (χ2n) is 1.82. The number of isothiocyanates is 1. The van der Waals surface area contributed by atoms with Gasteiger partial charge in [-0.1, -0.05) is 6.92 Å². The highest BCUT2D eigenvalue weighted by atomic mass is 32.1. The van der Waals surface area contributed by atoms with Crippen LogP contribution in [0.5, 0.6) is 0 Å². The summed E-state index contributed by atoms with van der Waals surface area (Å²) in [5.74, 6) is 0. The van der Waals surface area contributed by atoms with Gasteiger partial charge in [-0.05, 0) is 31.3 Å². The molecule has 56 valence electrons. The van der Waals surface area contributed by atoms with E-state index in [1.807, 2.05) is 6.21 Å². The van der Waals surface area contributed by atoms with Crippen LogP contribution >= 0.6 is 12.2 Å². The normalized spacial score (nSPS) is 9.70. The molecule has 0 aromatic rings. The Bertz CT molecular complexity index is 137. The fourth-order valence-corrected chi connectivity index (χ4v) is 0.598. The summed E-state index contributed by atoms with van der Waals surface area (Å²) in [6, 6.07) is 0. The van der Waals surface area contributed by atoms with E-state index in [0.717, 1.165) is 25.9 Å². The lowest BCUT2D eigenvalue weighted by Crippen LogP contribution is -1.85. The lowest BCUT2D eigenvalue weighted by atomic mass is 10.4. The molecule has 3 heteroatoms. The van der Waals surface area contributed by atoms with Crippen LogP contribution in [0.4, 0.5) is 0 Å². The molecule has 0 saturated carbocycles. The summed E-state index contributed by atoms with van der Waals surface area (Å²) in [5, 5.41) is 2.32. The van der Waals surface area contributed by atoms with Gasteiger partial charge >= 0.3 is 0 Å². The molecule has 0 aromatic carbocycles. The predicted octanol–water partition coefficient (Wildman–Crippen LogP) is 1.96. The van der Waals surface area contributed by atoms with E-state index in [1.165, 1.54) is 0 Å². The van der Waals surface area contributed by atoms with Crippen molar-refractivity contribution >= 4 is 23.6 Å². The molecule has 0 fully saturated rings. The van der Waals surface area contributed by atoms with E-state index >= 15 is 0 Å². The highest BCUT2D eigenvalue weighted by molar-refractivity contribution is 7.78. The Balaban J connectivity index is 3.04. The monoisotopic (exact) mass is 156 g/mol. The van der Waals surface area contributed by atoms with Gasteiger partial charge in [-0.2, -0.15) is 0 Å². The number of nitrogens with zero attached hydrogens (tertiary/aromatic N) is 2. The minimum atomic E-state index is 0.755. The van der Waals surface area contributed by atoms with Crippen molar-refractivity contribution in [3.8, 4) is 0 Å². The van der Waals surface area contributed by atoms with Crippen LogP contribution in [0, 0.1) is 0 Å². The molecular weight excluding hydrogens is 144 g/mol. The van der Waals surface area contributed by atoms with Crippen LogP contribution in [-0.4, -0.2) is 24.5 Å². The van der Waals surface area contributed by atoms with Gasteiger partial charge in [-0.3, -0.25) is 4.99 Å². The minimum Gasteiger partial charge on any atom is -0.297 e. The zero-order valence-electron chi connectivity index (χ0n) is 6.21. The predicted molar refractivity (Wildman–Crippen MR) is 48.2 cm³/mol. The van der Waals surface area contributed by atoms with Gasteiger partial charge in [-0.25, -0.2) is 4.99 Å². The molecule has 0 radical (unpaired) electrons. The molecule has 2 nitrogen and oxygen atoms in total. The zero-order chi connectivity index (χ0) is 7.66. The first-order chi connectivity index (χ1) is 4.91. The number of hydrogen-bond donors (Lipinski definition) is 0. The third-order valence-electron chi connectivity index (χ3n) is 0.933.